The summed E-state index contributed by atoms with van der Waals surface area (Å²) in [5, 5.41) is 0. The first-order valence-electron chi connectivity index (χ1n) is 10.2. The molecule has 5 rings (SSSR count). The highest BCUT2D eigenvalue weighted by molar-refractivity contribution is 14.1. The normalized spacial score (nSPS) is 12.7. The van der Waals surface area contributed by atoms with Crippen LogP contribution >= 0.6 is 79.5 Å². The monoisotopic (exact) mass is 807 g/mol. The van der Waals surface area contributed by atoms with Crippen LogP contribution in [-0.2, 0) is 10.9 Å². The number of benzene rings is 4. The van der Waals surface area contributed by atoms with Gasteiger partial charge < -0.3 is 9.47 Å². The summed E-state index contributed by atoms with van der Waals surface area (Å²) in [6.07, 6.45) is 0. The van der Waals surface area contributed by atoms with Gasteiger partial charge in [0.05, 0.1) is 16.9 Å². The third kappa shape index (κ3) is 5.46. The average Bonchev–Trinajstić information content (AvgIpc) is 2.82. The maximum absolute atomic E-state index is 6.00. The largest absolute Gasteiger partial charge is 0.490 e. The molecule has 1 aliphatic rings. The highest BCUT2D eigenvalue weighted by atomic mass is 127. The Labute approximate surface area is 242 Å². The molecule has 7 heteroatoms. The first-order chi connectivity index (χ1) is 16.1. The maximum Gasteiger partial charge on any atom is 0.180 e. The lowest BCUT2D eigenvalue weighted by molar-refractivity contribution is 0.215. The van der Waals surface area contributed by atoms with Gasteiger partial charge in [-0.3, -0.25) is 0 Å². The lowest BCUT2D eigenvalue weighted by Crippen LogP contribution is -2.12. The van der Waals surface area contributed by atoms with E-state index in [4.69, 9.17) is 9.47 Å². The van der Waals surface area contributed by atoms with E-state index < -0.39 is 0 Å². The van der Waals surface area contributed by atoms with Crippen LogP contribution in [0.5, 0.6) is 11.5 Å². The molecule has 0 spiro atoms. The number of halogens is 3. The van der Waals surface area contributed by atoms with Crippen LogP contribution in [0.3, 0.4) is 0 Å². The van der Waals surface area contributed by atoms with Crippen LogP contribution in [0.4, 0.5) is 0 Å². The summed E-state index contributed by atoms with van der Waals surface area (Å²) in [6.45, 7) is 1.02. The predicted molar refractivity (Wildman–Crippen MR) is 161 cm³/mol. The zero-order chi connectivity index (χ0) is 22.8. The second kappa shape index (κ2) is 11.0. The molecule has 4 aromatic rings. The summed E-state index contributed by atoms with van der Waals surface area (Å²) < 4.78 is 15.4. The van der Waals surface area contributed by atoms with Gasteiger partial charge in [0.15, 0.2) is 14.7 Å². The van der Waals surface area contributed by atoms with E-state index in [1.54, 1.807) is 0 Å². The van der Waals surface area contributed by atoms with Crippen molar-refractivity contribution in [1.29, 1.82) is 0 Å². The van der Waals surface area contributed by atoms with Crippen LogP contribution in [0, 0.1) is 10.7 Å². The van der Waals surface area contributed by atoms with Gasteiger partial charge in [0, 0.05) is 3.57 Å². The first-order valence-corrected chi connectivity index (χ1v) is 15.5. The quantitative estimate of drug-likeness (QED) is 0.0975. The number of fused-ring (bicyclic) bond motifs is 2. The van der Waals surface area contributed by atoms with Gasteiger partial charge in [0.2, 0.25) is 0 Å². The summed E-state index contributed by atoms with van der Waals surface area (Å²) in [4.78, 5) is 6.78. The van der Waals surface area contributed by atoms with Gasteiger partial charge in [-0.25, -0.2) is 0 Å². The molecule has 0 radical (unpaired) electrons. The zero-order valence-electron chi connectivity index (χ0n) is 17.3. The molecule has 0 unspecified atom stereocenters. The maximum atomic E-state index is 6.00. The fourth-order valence-corrected chi connectivity index (χ4v) is 11.2. The van der Waals surface area contributed by atoms with Crippen molar-refractivity contribution in [2.24, 2.45) is 0 Å². The molecule has 0 N–H and O–H groups in total. The van der Waals surface area contributed by atoms with Gasteiger partial charge in [-0.05, 0) is 128 Å². The van der Waals surface area contributed by atoms with Crippen molar-refractivity contribution in [2.45, 2.75) is 24.5 Å². The Morgan fingerprint density at radius 3 is 1.82 bits per heavy atom. The van der Waals surface area contributed by atoms with Crippen molar-refractivity contribution in [1.82, 2.24) is 0 Å². The molecule has 0 amide bonds. The van der Waals surface area contributed by atoms with Gasteiger partial charge in [0.25, 0.3) is 0 Å². The molecule has 0 saturated carbocycles. The van der Waals surface area contributed by atoms with Crippen LogP contribution in [0.25, 0.3) is 0 Å². The molecule has 0 saturated heterocycles. The third-order valence-corrected chi connectivity index (χ3v) is 10.9. The van der Waals surface area contributed by atoms with Crippen LogP contribution in [0.2, 0.25) is 0 Å². The molecule has 0 fully saturated rings. The van der Waals surface area contributed by atoms with Crippen LogP contribution in [0.15, 0.2) is 109 Å². The van der Waals surface area contributed by atoms with Crippen molar-refractivity contribution >= 4 is 90.4 Å². The number of rotatable bonds is 6. The molecule has 33 heavy (non-hydrogen) atoms. The number of ether oxygens (including phenoxy) is 2. The van der Waals surface area contributed by atoms with E-state index in [9.17, 15) is 0 Å². The Kier molecular flexibility index (Phi) is 8.00. The van der Waals surface area contributed by atoms with E-state index >= 15 is 0 Å². The molecule has 0 atom stereocenters. The molecule has 4 aromatic carbocycles. The minimum atomic E-state index is -0.109. The predicted octanol–water partition coefficient (Wildman–Crippen LogP) is 8.52. The Morgan fingerprint density at radius 1 is 0.667 bits per heavy atom. The second-order valence-corrected chi connectivity index (χ2v) is 13.8. The molecule has 166 valence electrons. The molecule has 0 bridgehead atoms. The smallest absolute Gasteiger partial charge is 0.180 e. The van der Waals surface area contributed by atoms with E-state index in [0.717, 1.165) is 18.6 Å². The highest BCUT2D eigenvalue weighted by Crippen LogP contribution is 2.48. The van der Waals surface area contributed by atoms with E-state index in [1.807, 2.05) is 11.8 Å². The van der Waals surface area contributed by atoms with Gasteiger partial charge in [-0.2, -0.15) is 0 Å². The minimum Gasteiger partial charge on any atom is -0.490 e. The van der Waals surface area contributed by atoms with E-state index in [-0.39, 0.29) is 10.9 Å². The average molecular weight is 807 g/mol. The van der Waals surface area contributed by atoms with Crippen molar-refractivity contribution in [3.05, 3.63) is 95.6 Å². The van der Waals surface area contributed by atoms with Crippen molar-refractivity contribution in [2.75, 3.05) is 13.2 Å². The van der Waals surface area contributed by atoms with Gasteiger partial charge in [0.1, 0.15) is 35.6 Å². The molecule has 1 heterocycles. The van der Waals surface area contributed by atoms with Crippen molar-refractivity contribution < 1.29 is 9.47 Å². The SMILES string of the molecule is Ic1cc(I)c(OCCOc2ccc([S+]3c4ccccc4Sc4ccccc43)cc2)c(I)c1. The number of hydrogen-bond donors (Lipinski definition) is 0. The first kappa shape index (κ1) is 24.1. The summed E-state index contributed by atoms with van der Waals surface area (Å²) in [5.41, 5.74) is 0. The summed E-state index contributed by atoms with van der Waals surface area (Å²) in [5.74, 6) is 1.80. The Hall–Kier alpha value is -0.630. The van der Waals surface area contributed by atoms with Crippen LogP contribution < -0.4 is 9.47 Å². The Balaban J connectivity index is 1.28. The van der Waals surface area contributed by atoms with Gasteiger partial charge in [-0.1, -0.05) is 36.0 Å². The van der Waals surface area contributed by atoms with Crippen molar-refractivity contribution in [3.63, 3.8) is 0 Å². The van der Waals surface area contributed by atoms with E-state index in [2.05, 4.69) is 153 Å². The second-order valence-electron chi connectivity index (χ2n) is 7.17. The fourth-order valence-electron chi connectivity index (χ4n) is 3.54. The minimum absolute atomic E-state index is 0.109. The Morgan fingerprint density at radius 2 is 1.21 bits per heavy atom. The van der Waals surface area contributed by atoms with E-state index in [1.165, 1.54) is 28.0 Å². The topological polar surface area (TPSA) is 18.5 Å². The molecular formula is C26H18I3O2S2+. The molecular weight excluding hydrogens is 789 g/mol. The third-order valence-electron chi connectivity index (χ3n) is 4.98. The van der Waals surface area contributed by atoms with Gasteiger partial charge in [-0.15, -0.1) is 0 Å². The molecule has 0 aromatic heterocycles. The zero-order valence-corrected chi connectivity index (χ0v) is 25.4. The summed E-state index contributed by atoms with van der Waals surface area (Å²) in [6, 6.07) is 30.3. The molecule has 0 aliphatic carbocycles. The lowest BCUT2D eigenvalue weighted by atomic mass is 10.3. The lowest BCUT2D eigenvalue weighted by Gasteiger charge is -2.18. The summed E-state index contributed by atoms with van der Waals surface area (Å²) >= 11 is 8.84. The Bertz CT molecular complexity index is 1230. The fraction of sp³-hybridized carbons (Fsp3) is 0.0769. The standard InChI is InChI=1S/C26H18I3O2S2/c27-17-15-20(28)26(21(29)16-17)31-14-13-30-18-9-11-19(12-10-18)33-24-7-3-1-5-22(24)32-23-6-2-4-8-25(23)33/h1-12,15-16H,13-14H2/q+1. The van der Waals surface area contributed by atoms with Crippen LogP contribution in [-0.4, -0.2) is 13.2 Å². The molecule has 1 aliphatic heterocycles. The van der Waals surface area contributed by atoms with Gasteiger partial charge >= 0.3 is 0 Å². The van der Waals surface area contributed by atoms with E-state index in [0.29, 0.717) is 13.2 Å². The van der Waals surface area contributed by atoms with Crippen molar-refractivity contribution in [3.8, 4) is 11.5 Å². The molecule has 2 nitrogen and oxygen atoms in total. The highest BCUT2D eigenvalue weighted by Gasteiger charge is 2.37. The number of hydrogen-bond acceptors (Lipinski definition) is 3. The van der Waals surface area contributed by atoms with Crippen LogP contribution in [0.1, 0.15) is 0 Å². The summed E-state index contributed by atoms with van der Waals surface area (Å²) in [7, 11) is -0.109.